The standard InChI is InChI=1S/C14H22N2S/c1-10-9-17-12(15-10)14(16-11-5-6-11)8-4-7-13(14,2)3/h9,11,16H,4-8H2,1-3H3. The van der Waals surface area contributed by atoms with E-state index in [0.29, 0.717) is 5.41 Å². The second-order valence-corrected chi connectivity index (χ2v) is 7.21. The second-order valence-electron chi connectivity index (χ2n) is 6.36. The molecule has 1 unspecified atom stereocenters. The smallest absolute Gasteiger partial charge is 0.114 e. The monoisotopic (exact) mass is 250 g/mol. The minimum atomic E-state index is 0.146. The van der Waals surface area contributed by atoms with Crippen LogP contribution in [0.4, 0.5) is 0 Å². The van der Waals surface area contributed by atoms with Gasteiger partial charge in [-0.25, -0.2) is 4.98 Å². The Morgan fingerprint density at radius 1 is 1.35 bits per heavy atom. The molecule has 94 valence electrons. The third kappa shape index (κ3) is 1.84. The molecular formula is C14H22N2S. The SMILES string of the molecule is Cc1csc(C2(NC3CC3)CCCC2(C)C)n1. The van der Waals surface area contributed by atoms with Crippen LogP contribution < -0.4 is 5.32 Å². The molecule has 1 aromatic rings. The van der Waals surface area contributed by atoms with E-state index in [4.69, 9.17) is 4.98 Å². The van der Waals surface area contributed by atoms with Gasteiger partial charge in [-0.1, -0.05) is 20.3 Å². The molecule has 1 aromatic heterocycles. The number of thiazole rings is 1. The van der Waals surface area contributed by atoms with Crippen molar-refractivity contribution in [3.8, 4) is 0 Å². The Morgan fingerprint density at radius 2 is 2.12 bits per heavy atom. The highest BCUT2D eigenvalue weighted by atomic mass is 32.1. The minimum absolute atomic E-state index is 0.146. The summed E-state index contributed by atoms with van der Waals surface area (Å²) < 4.78 is 0. The molecule has 3 rings (SSSR count). The van der Waals surface area contributed by atoms with E-state index in [1.165, 1.54) is 42.8 Å². The molecule has 1 N–H and O–H groups in total. The fraction of sp³-hybridized carbons (Fsp3) is 0.786. The highest BCUT2D eigenvalue weighted by Gasteiger charge is 2.53. The van der Waals surface area contributed by atoms with E-state index in [-0.39, 0.29) is 5.54 Å². The van der Waals surface area contributed by atoms with E-state index in [2.05, 4.69) is 31.5 Å². The molecule has 2 fully saturated rings. The molecule has 2 aliphatic carbocycles. The zero-order valence-corrected chi connectivity index (χ0v) is 11.9. The van der Waals surface area contributed by atoms with E-state index >= 15 is 0 Å². The van der Waals surface area contributed by atoms with Gasteiger partial charge >= 0.3 is 0 Å². The molecule has 1 heterocycles. The maximum Gasteiger partial charge on any atom is 0.114 e. The lowest BCUT2D eigenvalue weighted by molar-refractivity contribution is 0.153. The van der Waals surface area contributed by atoms with Gasteiger partial charge in [0, 0.05) is 17.1 Å². The normalized spacial score (nSPS) is 31.9. The summed E-state index contributed by atoms with van der Waals surface area (Å²) in [7, 11) is 0. The first-order valence-corrected chi connectivity index (χ1v) is 7.62. The zero-order chi connectivity index (χ0) is 12.1. The molecule has 2 aliphatic rings. The number of nitrogens with zero attached hydrogens (tertiary/aromatic N) is 1. The van der Waals surface area contributed by atoms with Gasteiger partial charge in [0.05, 0.1) is 5.54 Å². The van der Waals surface area contributed by atoms with Gasteiger partial charge in [0.1, 0.15) is 5.01 Å². The third-order valence-electron chi connectivity index (χ3n) is 4.52. The van der Waals surface area contributed by atoms with Crippen LogP contribution in [0.25, 0.3) is 0 Å². The number of hydrogen-bond acceptors (Lipinski definition) is 3. The summed E-state index contributed by atoms with van der Waals surface area (Å²) >= 11 is 1.84. The predicted molar refractivity (Wildman–Crippen MR) is 72.3 cm³/mol. The molecule has 17 heavy (non-hydrogen) atoms. The van der Waals surface area contributed by atoms with Crippen molar-refractivity contribution in [2.24, 2.45) is 5.41 Å². The number of aromatic nitrogens is 1. The predicted octanol–water partition coefficient (Wildman–Crippen LogP) is 3.61. The minimum Gasteiger partial charge on any atom is -0.302 e. The van der Waals surface area contributed by atoms with E-state index in [0.717, 1.165) is 6.04 Å². The summed E-state index contributed by atoms with van der Waals surface area (Å²) in [5, 5.41) is 7.45. The van der Waals surface area contributed by atoms with Gasteiger partial charge in [0.15, 0.2) is 0 Å². The molecule has 0 saturated heterocycles. The molecule has 0 amide bonds. The molecule has 2 nitrogen and oxygen atoms in total. The Morgan fingerprint density at radius 3 is 2.59 bits per heavy atom. The Balaban J connectivity index is 2.00. The van der Waals surface area contributed by atoms with Crippen molar-refractivity contribution in [2.75, 3.05) is 0 Å². The van der Waals surface area contributed by atoms with Crippen LogP contribution in [-0.4, -0.2) is 11.0 Å². The molecule has 2 saturated carbocycles. The molecular weight excluding hydrogens is 228 g/mol. The topological polar surface area (TPSA) is 24.9 Å². The molecule has 0 aromatic carbocycles. The fourth-order valence-corrected chi connectivity index (χ4v) is 4.37. The molecule has 0 radical (unpaired) electrons. The van der Waals surface area contributed by atoms with Gasteiger partial charge in [-0.2, -0.15) is 0 Å². The van der Waals surface area contributed by atoms with Crippen LogP contribution in [0, 0.1) is 12.3 Å². The lowest BCUT2D eigenvalue weighted by Crippen LogP contribution is -2.50. The lowest BCUT2D eigenvalue weighted by atomic mass is 9.75. The first-order chi connectivity index (χ1) is 8.03. The first kappa shape index (κ1) is 11.7. The van der Waals surface area contributed by atoms with Crippen LogP contribution in [0.15, 0.2) is 5.38 Å². The molecule has 0 spiro atoms. The van der Waals surface area contributed by atoms with Crippen molar-refractivity contribution in [2.45, 2.75) is 64.5 Å². The number of rotatable bonds is 3. The van der Waals surface area contributed by atoms with Crippen LogP contribution in [-0.2, 0) is 5.54 Å². The Bertz CT molecular complexity index is 420. The molecule has 0 bridgehead atoms. The van der Waals surface area contributed by atoms with Crippen molar-refractivity contribution in [1.82, 2.24) is 10.3 Å². The summed E-state index contributed by atoms with van der Waals surface area (Å²) in [4.78, 5) is 4.80. The summed E-state index contributed by atoms with van der Waals surface area (Å²) in [5.41, 5.74) is 1.65. The van der Waals surface area contributed by atoms with Gasteiger partial charge in [0.2, 0.25) is 0 Å². The van der Waals surface area contributed by atoms with E-state index in [1.807, 2.05) is 11.3 Å². The lowest BCUT2D eigenvalue weighted by Gasteiger charge is -2.41. The number of aryl methyl sites for hydroxylation is 1. The molecule has 1 atom stereocenters. The first-order valence-electron chi connectivity index (χ1n) is 6.74. The summed E-state index contributed by atoms with van der Waals surface area (Å²) in [6.45, 7) is 6.92. The van der Waals surface area contributed by atoms with Crippen LogP contribution in [0.5, 0.6) is 0 Å². The van der Waals surface area contributed by atoms with Crippen LogP contribution in [0.2, 0.25) is 0 Å². The van der Waals surface area contributed by atoms with Gasteiger partial charge < -0.3 is 5.32 Å². The van der Waals surface area contributed by atoms with Crippen molar-refractivity contribution >= 4 is 11.3 Å². The van der Waals surface area contributed by atoms with E-state index in [9.17, 15) is 0 Å². The van der Waals surface area contributed by atoms with Crippen molar-refractivity contribution in [3.05, 3.63) is 16.1 Å². The van der Waals surface area contributed by atoms with E-state index < -0.39 is 0 Å². The quantitative estimate of drug-likeness (QED) is 0.886. The highest BCUT2D eigenvalue weighted by Crippen LogP contribution is 2.54. The highest BCUT2D eigenvalue weighted by molar-refractivity contribution is 7.09. The Hall–Kier alpha value is -0.410. The summed E-state index contributed by atoms with van der Waals surface area (Å²) in [5.74, 6) is 0. The van der Waals surface area contributed by atoms with Crippen LogP contribution >= 0.6 is 11.3 Å². The summed E-state index contributed by atoms with van der Waals surface area (Å²) in [6.07, 6.45) is 6.59. The largest absolute Gasteiger partial charge is 0.302 e. The van der Waals surface area contributed by atoms with Gasteiger partial charge in [0.25, 0.3) is 0 Å². The van der Waals surface area contributed by atoms with Gasteiger partial charge in [-0.05, 0) is 38.0 Å². The Labute approximate surface area is 108 Å². The maximum absolute atomic E-state index is 4.80. The second kappa shape index (κ2) is 3.79. The van der Waals surface area contributed by atoms with E-state index in [1.54, 1.807) is 0 Å². The van der Waals surface area contributed by atoms with Crippen molar-refractivity contribution in [1.29, 1.82) is 0 Å². The van der Waals surface area contributed by atoms with Crippen LogP contribution in [0.1, 0.15) is 56.7 Å². The average molecular weight is 250 g/mol. The summed E-state index contributed by atoms with van der Waals surface area (Å²) in [6, 6.07) is 0.747. The molecule has 0 aliphatic heterocycles. The third-order valence-corrected chi connectivity index (χ3v) is 5.64. The van der Waals surface area contributed by atoms with Crippen molar-refractivity contribution < 1.29 is 0 Å². The maximum atomic E-state index is 4.80. The Kier molecular flexibility index (Phi) is 2.60. The molecule has 3 heteroatoms. The van der Waals surface area contributed by atoms with Crippen LogP contribution in [0.3, 0.4) is 0 Å². The fourth-order valence-electron chi connectivity index (χ4n) is 3.20. The zero-order valence-electron chi connectivity index (χ0n) is 11.0. The van der Waals surface area contributed by atoms with Gasteiger partial charge in [-0.15, -0.1) is 11.3 Å². The van der Waals surface area contributed by atoms with Crippen molar-refractivity contribution in [3.63, 3.8) is 0 Å². The number of nitrogens with one attached hydrogen (secondary N) is 1. The average Bonchev–Trinajstić information content (AvgIpc) is 2.87. The number of hydrogen-bond donors (Lipinski definition) is 1. The van der Waals surface area contributed by atoms with Gasteiger partial charge in [-0.3, -0.25) is 0 Å².